The first-order valence-corrected chi connectivity index (χ1v) is 7.76. The van der Waals surface area contributed by atoms with Gasteiger partial charge < -0.3 is 15.0 Å². The third kappa shape index (κ3) is 3.80. The van der Waals surface area contributed by atoms with E-state index in [1.165, 1.54) is 12.1 Å². The Balaban J connectivity index is 1.56. The lowest BCUT2D eigenvalue weighted by Crippen LogP contribution is -2.25. The topological polar surface area (TPSA) is 41.6 Å². The zero-order chi connectivity index (χ0) is 16.1. The number of anilines is 2. The van der Waals surface area contributed by atoms with Gasteiger partial charge in [0.15, 0.2) is 0 Å². The van der Waals surface area contributed by atoms with Crippen molar-refractivity contribution in [3.8, 4) is 5.75 Å². The van der Waals surface area contributed by atoms with E-state index < -0.39 is 0 Å². The summed E-state index contributed by atoms with van der Waals surface area (Å²) in [6, 6.07) is 13.7. The summed E-state index contributed by atoms with van der Waals surface area (Å²) < 4.78 is 18.4. The predicted molar refractivity (Wildman–Crippen MR) is 88.4 cm³/mol. The minimum absolute atomic E-state index is 0.168. The highest BCUT2D eigenvalue weighted by Gasteiger charge is 2.23. The maximum absolute atomic E-state index is 12.8. The van der Waals surface area contributed by atoms with Gasteiger partial charge in [-0.2, -0.15) is 0 Å². The predicted octanol–water partition coefficient (Wildman–Crippen LogP) is 3.44. The Hall–Kier alpha value is -2.56. The molecule has 4 nitrogen and oxygen atoms in total. The Kier molecular flexibility index (Phi) is 4.76. The summed E-state index contributed by atoms with van der Waals surface area (Å²) in [7, 11) is 0. The fraction of sp³-hybridized carbons (Fsp3) is 0.278. The van der Waals surface area contributed by atoms with Crippen LogP contribution in [0.2, 0.25) is 0 Å². The first kappa shape index (κ1) is 15.3. The molecule has 0 atom stereocenters. The van der Waals surface area contributed by atoms with Crippen LogP contribution in [0.25, 0.3) is 0 Å². The molecule has 1 N–H and O–H groups in total. The molecule has 0 bridgehead atoms. The summed E-state index contributed by atoms with van der Waals surface area (Å²) >= 11 is 0. The highest BCUT2D eigenvalue weighted by atomic mass is 19.1. The number of hydrogen-bond acceptors (Lipinski definition) is 3. The number of benzene rings is 2. The fourth-order valence-corrected chi connectivity index (χ4v) is 2.65. The number of halogens is 1. The molecule has 0 unspecified atom stereocenters. The van der Waals surface area contributed by atoms with Gasteiger partial charge in [0.05, 0.1) is 11.4 Å². The minimum Gasteiger partial charge on any atom is -0.492 e. The maximum atomic E-state index is 12.8. The van der Waals surface area contributed by atoms with Crippen LogP contribution in [0.1, 0.15) is 12.8 Å². The van der Waals surface area contributed by atoms with Crippen molar-refractivity contribution in [2.24, 2.45) is 0 Å². The van der Waals surface area contributed by atoms with Gasteiger partial charge in [-0.15, -0.1) is 0 Å². The maximum Gasteiger partial charge on any atom is 0.227 e. The summed E-state index contributed by atoms with van der Waals surface area (Å²) in [6.07, 6.45) is 1.52. The number of carbonyl (C=O) groups excluding carboxylic acids is 1. The van der Waals surface area contributed by atoms with E-state index in [0.717, 1.165) is 24.3 Å². The van der Waals surface area contributed by atoms with Crippen LogP contribution in [0, 0.1) is 5.82 Å². The van der Waals surface area contributed by atoms with Crippen LogP contribution in [-0.4, -0.2) is 25.6 Å². The van der Waals surface area contributed by atoms with Gasteiger partial charge >= 0.3 is 0 Å². The van der Waals surface area contributed by atoms with Gasteiger partial charge in [-0.05, 0) is 42.8 Å². The van der Waals surface area contributed by atoms with Crippen LogP contribution in [0.3, 0.4) is 0 Å². The second kappa shape index (κ2) is 7.13. The lowest BCUT2D eigenvalue weighted by Gasteiger charge is -2.20. The molecule has 0 aliphatic carbocycles. The van der Waals surface area contributed by atoms with Crippen LogP contribution in [0.15, 0.2) is 48.5 Å². The summed E-state index contributed by atoms with van der Waals surface area (Å²) in [6.45, 7) is 1.81. The van der Waals surface area contributed by atoms with E-state index in [0.29, 0.717) is 25.3 Å². The Morgan fingerprint density at radius 1 is 1.13 bits per heavy atom. The van der Waals surface area contributed by atoms with Crippen LogP contribution in [-0.2, 0) is 4.79 Å². The number of ether oxygens (including phenoxy) is 1. The molecule has 1 heterocycles. The lowest BCUT2D eigenvalue weighted by atomic mass is 10.2. The van der Waals surface area contributed by atoms with E-state index >= 15 is 0 Å². The number of carbonyl (C=O) groups is 1. The summed E-state index contributed by atoms with van der Waals surface area (Å²) in [5.74, 6) is 0.526. The normalized spacial score (nSPS) is 14.1. The standard InChI is InChI=1S/C18H19FN2O2/c19-14-7-9-15(10-8-14)23-13-11-20-16-4-1-2-5-17(16)21-12-3-6-18(21)22/h1-2,4-5,7-10,20H,3,6,11-13H2. The summed E-state index contributed by atoms with van der Waals surface area (Å²) in [5.41, 5.74) is 1.84. The zero-order valence-electron chi connectivity index (χ0n) is 12.8. The molecule has 1 fully saturated rings. The molecular weight excluding hydrogens is 295 g/mol. The summed E-state index contributed by atoms with van der Waals surface area (Å²) in [5, 5.41) is 3.30. The lowest BCUT2D eigenvalue weighted by molar-refractivity contribution is -0.117. The second-order valence-electron chi connectivity index (χ2n) is 5.40. The molecule has 120 valence electrons. The van der Waals surface area contributed by atoms with Gasteiger partial charge in [-0.3, -0.25) is 4.79 Å². The number of hydrogen-bond donors (Lipinski definition) is 1. The molecule has 5 heteroatoms. The molecular formula is C18H19FN2O2. The largest absolute Gasteiger partial charge is 0.492 e. The van der Waals surface area contributed by atoms with Crippen molar-refractivity contribution in [2.75, 3.05) is 29.9 Å². The first-order chi connectivity index (χ1) is 11.2. The van der Waals surface area contributed by atoms with Crippen molar-refractivity contribution in [3.63, 3.8) is 0 Å². The molecule has 23 heavy (non-hydrogen) atoms. The molecule has 1 aliphatic rings. The third-order valence-corrected chi connectivity index (χ3v) is 3.77. The fourth-order valence-electron chi connectivity index (χ4n) is 2.65. The number of nitrogens with one attached hydrogen (secondary N) is 1. The number of rotatable bonds is 6. The van der Waals surface area contributed by atoms with Crippen LogP contribution in [0.4, 0.5) is 15.8 Å². The van der Waals surface area contributed by atoms with E-state index in [1.807, 2.05) is 29.2 Å². The SMILES string of the molecule is O=C1CCCN1c1ccccc1NCCOc1ccc(F)cc1. The van der Waals surface area contributed by atoms with Gasteiger partial charge in [-0.1, -0.05) is 12.1 Å². The average Bonchev–Trinajstić information content (AvgIpc) is 2.99. The van der Waals surface area contributed by atoms with Crippen molar-refractivity contribution in [1.82, 2.24) is 0 Å². The highest BCUT2D eigenvalue weighted by Crippen LogP contribution is 2.29. The molecule has 1 amide bonds. The van der Waals surface area contributed by atoms with Crippen molar-refractivity contribution in [3.05, 3.63) is 54.3 Å². The molecule has 3 rings (SSSR count). The molecule has 0 radical (unpaired) electrons. The van der Waals surface area contributed by atoms with E-state index in [9.17, 15) is 9.18 Å². The van der Waals surface area contributed by atoms with Crippen molar-refractivity contribution >= 4 is 17.3 Å². The molecule has 2 aromatic rings. The number of para-hydroxylation sites is 2. The monoisotopic (exact) mass is 314 g/mol. The average molecular weight is 314 g/mol. The number of nitrogens with zero attached hydrogens (tertiary/aromatic N) is 1. The van der Waals surface area contributed by atoms with Gasteiger partial charge in [0.25, 0.3) is 0 Å². The van der Waals surface area contributed by atoms with Crippen molar-refractivity contribution in [1.29, 1.82) is 0 Å². The first-order valence-electron chi connectivity index (χ1n) is 7.76. The molecule has 0 aromatic heterocycles. The van der Waals surface area contributed by atoms with Crippen molar-refractivity contribution < 1.29 is 13.9 Å². The molecule has 0 spiro atoms. The minimum atomic E-state index is -0.278. The number of amides is 1. The smallest absolute Gasteiger partial charge is 0.227 e. The summed E-state index contributed by atoms with van der Waals surface area (Å²) in [4.78, 5) is 13.7. The Morgan fingerprint density at radius 2 is 1.91 bits per heavy atom. The quantitative estimate of drug-likeness (QED) is 0.831. The van der Waals surface area contributed by atoms with Gasteiger partial charge in [0, 0.05) is 19.5 Å². The van der Waals surface area contributed by atoms with E-state index in [2.05, 4.69) is 5.32 Å². The van der Waals surface area contributed by atoms with Gasteiger partial charge in [-0.25, -0.2) is 4.39 Å². The molecule has 2 aromatic carbocycles. The zero-order valence-corrected chi connectivity index (χ0v) is 12.8. The Bertz CT molecular complexity index is 673. The van der Waals surface area contributed by atoms with Gasteiger partial charge in [0.1, 0.15) is 18.2 Å². The van der Waals surface area contributed by atoms with E-state index in [4.69, 9.17) is 4.74 Å². The highest BCUT2D eigenvalue weighted by molar-refractivity contribution is 5.98. The van der Waals surface area contributed by atoms with E-state index in [1.54, 1.807) is 12.1 Å². The van der Waals surface area contributed by atoms with Crippen LogP contribution >= 0.6 is 0 Å². The van der Waals surface area contributed by atoms with Crippen LogP contribution < -0.4 is 15.0 Å². The van der Waals surface area contributed by atoms with Crippen molar-refractivity contribution in [2.45, 2.75) is 12.8 Å². The Morgan fingerprint density at radius 3 is 2.65 bits per heavy atom. The second-order valence-corrected chi connectivity index (χ2v) is 5.40. The van der Waals surface area contributed by atoms with E-state index in [-0.39, 0.29) is 11.7 Å². The molecule has 0 saturated carbocycles. The Labute approximate surface area is 134 Å². The van der Waals surface area contributed by atoms with Gasteiger partial charge in [0.2, 0.25) is 5.91 Å². The van der Waals surface area contributed by atoms with Crippen LogP contribution in [0.5, 0.6) is 5.75 Å². The molecule has 1 aliphatic heterocycles. The third-order valence-electron chi connectivity index (χ3n) is 3.77. The molecule has 1 saturated heterocycles.